The number of aromatic nitrogens is 4. The monoisotopic (exact) mass is 394 g/mol. The quantitative estimate of drug-likeness (QED) is 0.754. The van der Waals surface area contributed by atoms with Crippen molar-refractivity contribution in [3.63, 3.8) is 0 Å². The first-order valence-electron chi connectivity index (χ1n) is 9.78. The van der Waals surface area contributed by atoms with E-state index in [1.165, 1.54) is 0 Å². The lowest BCUT2D eigenvalue weighted by Crippen LogP contribution is -2.47. The van der Waals surface area contributed by atoms with E-state index in [-0.39, 0.29) is 6.04 Å². The second-order valence-corrected chi connectivity index (χ2v) is 7.67. The highest BCUT2D eigenvalue weighted by Crippen LogP contribution is 2.37. The Balaban J connectivity index is 1.39. The van der Waals surface area contributed by atoms with Gasteiger partial charge in [-0.25, -0.2) is 15.0 Å². The number of aryl methyl sites for hydroxylation is 1. The van der Waals surface area contributed by atoms with Crippen LogP contribution in [0.5, 0.6) is 0 Å². The third-order valence-corrected chi connectivity index (χ3v) is 5.67. The number of imidazole rings is 1. The Morgan fingerprint density at radius 3 is 2.39 bits per heavy atom. The molecular formula is C19H25F3N6. The normalized spacial score (nSPS) is 19.1. The molecule has 9 heteroatoms. The molecule has 2 aliphatic rings. The first-order chi connectivity index (χ1) is 13.4. The van der Waals surface area contributed by atoms with Crippen LogP contribution in [0.3, 0.4) is 0 Å². The minimum atomic E-state index is -4.44. The van der Waals surface area contributed by atoms with Gasteiger partial charge < -0.3 is 14.4 Å². The minimum Gasteiger partial charge on any atom is -0.350 e. The number of piperidine rings is 1. The van der Waals surface area contributed by atoms with Gasteiger partial charge >= 0.3 is 6.18 Å². The molecule has 152 valence electrons. The molecule has 3 heterocycles. The molecule has 2 aromatic heterocycles. The fourth-order valence-electron chi connectivity index (χ4n) is 3.98. The van der Waals surface area contributed by atoms with Crippen molar-refractivity contribution >= 4 is 5.82 Å². The van der Waals surface area contributed by atoms with E-state index in [9.17, 15) is 13.2 Å². The zero-order chi connectivity index (χ0) is 19.7. The summed E-state index contributed by atoms with van der Waals surface area (Å²) in [6.07, 6.45) is 5.16. The molecule has 4 rings (SSSR count). The standard InChI is InChI=1S/C19H25F3N6/c1-26-11-7-23-17(26)6-10-27-8-4-15(5-9-27)28(14-2-3-14)18-12-16(19(20,21)22)24-13-25-18/h7,11-15H,2-6,8-10H2,1H3. The van der Waals surface area contributed by atoms with Gasteiger partial charge in [0, 0.05) is 63.6 Å². The van der Waals surface area contributed by atoms with Crippen molar-refractivity contribution < 1.29 is 13.2 Å². The lowest BCUT2D eigenvalue weighted by atomic mass is 10.0. The molecule has 0 N–H and O–H groups in total. The van der Waals surface area contributed by atoms with Crippen LogP contribution in [-0.4, -0.2) is 56.1 Å². The molecule has 2 aromatic rings. The number of alkyl halides is 3. The number of hydrogen-bond acceptors (Lipinski definition) is 5. The Bertz CT molecular complexity index is 793. The summed E-state index contributed by atoms with van der Waals surface area (Å²) in [4.78, 5) is 16.5. The Morgan fingerprint density at radius 2 is 1.79 bits per heavy atom. The number of nitrogens with zero attached hydrogens (tertiary/aromatic N) is 6. The van der Waals surface area contributed by atoms with E-state index in [2.05, 4.69) is 24.8 Å². The van der Waals surface area contributed by atoms with Crippen molar-refractivity contribution in [2.24, 2.45) is 7.05 Å². The summed E-state index contributed by atoms with van der Waals surface area (Å²) in [6.45, 7) is 2.83. The minimum absolute atomic E-state index is 0.230. The first-order valence-corrected chi connectivity index (χ1v) is 9.78. The van der Waals surface area contributed by atoms with Gasteiger partial charge in [0.2, 0.25) is 0 Å². The second kappa shape index (κ2) is 7.69. The molecule has 28 heavy (non-hydrogen) atoms. The molecule has 1 saturated carbocycles. The highest BCUT2D eigenvalue weighted by molar-refractivity contribution is 5.44. The highest BCUT2D eigenvalue weighted by Gasteiger charge is 2.38. The van der Waals surface area contributed by atoms with Gasteiger partial charge in [-0.1, -0.05) is 0 Å². The lowest BCUT2D eigenvalue weighted by molar-refractivity contribution is -0.141. The lowest BCUT2D eigenvalue weighted by Gasteiger charge is -2.39. The third-order valence-electron chi connectivity index (χ3n) is 5.67. The first kappa shape index (κ1) is 19.2. The predicted molar refractivity (Wildman–Crippen MR) is 98.9 cm³/mol. The summed E-state index contributed by atoms with van der Waals surface area (Å²) in [6, 6.07) is 1.64. The smallest absolute Gasteiger partial charge is 0.350 e. The summed E-state index contributed by atoms with van der Waals surface area (Å²) in [7, 11) is 2.00. The fraction of sp³-hybridized carbons (Fsp3) is 0.632. The van der Waals surface area contributed by atoms with Crippen molar-refractivity contribution in [3.05, 3.63) is 36.3 Å². The number of anilines is 1. The largest absolute Gasteiger partial charge is 0.433 e. The Hall–Kier alpha value is -2.16. The van der Waals surface area contributed by atoms with Gasteiger partial charge in [-0.3, -0.25) is 0 Å². The van der Waals surface area contributed by atoms with Crippen molar-refractivity contribution in [1.82, 2.24) is 24.4 Å². The van der Waals surface area contributed by atoms with E-state index >= 15 is 0 Å². The van der Waals surface area contributed by atoms with Crippen LogP contribution in [0, 0.1) is 0 Å². The summed E-state index contributed by atoms with van der Waals surface area (Å²) in [5.74, 6) is 1.48. The molecular weight excluding hydrogens is 369 g/mol. The second-order valence-electron chi connectivity index (χ2n) is 7.67. The topological polar surface area (TPSA) is 50.1 Å². The molecule has 0 amide bonds. The third kappa shape index (κ3) is 4.29. The fourth-order valence-corrected chi connectivity index (χ4v) is 3.98. The van der Waals surface area contributed by atoms with Crippen LogP contribution in [0.25, 0.3) is 0 Å². The van der Waals surface area contributed by atoms with Crippen LogP contribution < -0.4 is 4.90 Å². The molecule has 1 saturated heterocycles. The molecule has 0 bridgehead atoms. The van der Waals surface area contributed by atoms with E-state index in [1.54, 1.807) is 0 Å². The van der Waals surface area contributed by atoms with Gasteiger partial charge in [-0.2, -0.15) is 13.2 Å². The molecule has 0 atom stereocenters. The highest BCUT2D eigenvalue weighted by atomic mass is 19.4. The van der Waals surface area contributed by atoms with Crippen LogP contribution in [0.1, 0.15) is 37.2 Å². The van der Waals surface area contributed by atoms with Crippen LogP contribution in [-0.2, 0) is 19.6 Å². The zero-order valence-corrected chi connectivity index (χ0v) is 15.9. The molecule has 1 aliphatic heterocycles. The molecule has 0 unspecified atom stereocenters. The number of halogens is 3. The maximum Gasteiger partial charge on any atom is 0.433 e. The van der Waals surface area contributed by atoms with E-state index in [0.717, 1.165) is 70.0 Å². The van der Waals surface area contributed by atoms with Crippen molar-refractivity contribution in [2.45, 2.75) is 50.4 Å². The van der Waals surface area contributed by atoms with E-state index in [4.69, 9.17) is 0 Å². The van der Waals surface area contributed by atoms with Gasteiger partial charge in [0.1, 0.15) is 23.7 Å². The van der Waals surface area contributed by atoms with Crippen molar-refractivity contribution in [2.75, 3.05) is 24.5 Å². The van der Waals surface area contributed by atoms with Crippen LogP contribution >= 0.6 is 0 Å². The van der Waals surface area contributed by atoms with Crippen LogP contribution in [0.15, 0.2) is 24.8 Å². The Kier molecular flexibility index (Phi) is 5.27. The van der Waals surface area contributed by atoms with E-state index < -0.39 is 11.9 Å². The number of hydrogen-bond donors (Lipinski definition) is 0. The van der Waals surface area contributed by atoms with Gasteiger partial charge in [0.15, 0.2) is 0 Å². The Labute approximate surface area is 162 Å². The van der Waals surface area contributed by atoms with Gasteiger partial charge in [-0.15, -0.1) is 0 Å². The van der Waals surface area contributed by atoms with Crippen LogP contribution in [0.2, 0.25) is 0 Å². The van der Waals surface area contributed by atoms with Crippen LogP contribution in [0.4, 0.5) is 19.0 Å². The predicted octanol–water partition coefficient (Wildman–Crippen LogP) is 2.90. The zero-order valence-electron chi connectivity index (χ0n) is 15.9. The maximum atomic E-state index is 13.0. The summed E-state index contributed by atoms with van der Waals surface area (Å²) < 4.78 is 41.2. The van der Waals surface area contributed by atoms with Crippen molar-refractivity contribution in [3.8, 4) is 0 Å². The van der Waals surface area contributed by atoms with Gasteiger partial charge in [0.25, 0.3) is 0 Å². The van der Waals surface area contributed by atoms with E-state index in [1.807, 2.05) is 24.0 Å². The average Bonchev–Trinajstić information content (AvgIpc) is 3.42. The van der Waals surface area contributed by atoms with Gasteiger partial charge in [0.05, 0.1) is 0 Å². The molecule has 1 aliphatic carbocycles. The molecule has 0 radical (unpaired) electrons. The average molecular weight is 394 g/mol. The summed E-state index contributed by atoms with van der Waals surface area (Å²) >= 11 is 0. The SMILES string of the molecule is Cn1ccnc1CCN1CCC(N(c2cc(C(F)(F)F)ncn2)C2CC2)CC1. The molecule has 6 nitrogen and oxygen atoms in total. The summed E-state index contributed by atoms with van der Waals surface area (Å²) in [5.41, 5.74) is -0.865. The summed E-state index contributed by atoms with van der Waals surface area (Å²) in [5, 5.41) is 0. The van der Waals surface area contributed by atoms with E-state index in [0.29, 0.717) is 11.9 Å². The molecule has 0 aromatic carbocycles. The molecule has 2 fully saturated rings. The van der Waals surface area contributed by atoms with Gasteiger partial charge in [-0.05, 0) is 25.7 Å². The molecule has 0 spiro atoms. The maximum absolute atomic E-state index is 13.0. The Morgan fingerprint density at radius 1 is 1.07 bits per heavy atom. The van der Waals surface area contributed by atoms with Crippen molar-refractivity contribution in [1.29, 1.82) is 0 Å². The number of rotatable bonds is 6. The number of likely N-dealkylation sites (tertiary alicyclic amines) is 1.